The maximum atomic E-state index is 12.8. The van der Waals surface area contributed by atoms with Crippen LogP contribution in [0.2, 0.25) is 0 Å². The average molecular weight is 521 g/mol. The summed E-state index contributed by atoms with van der Waals surface area (Å²) >= 11 is 0. The standard InChI is InChI=1S/C31H52O6/c1-4-5-6-7-8-9-10-11-12-13-14-15-16-17-25(33)37-26-27(34)29(3)30(21-32)19-18-23(2)20-24(30)36-28(26)31(29)22-35-31/h20,24,26-28,32,34H,4-19,21-22H2,1-3H3/t24-,26-,27-,28-,29-,30-,31?/m1/s1. The number of hydrogen-bond donors (Lipinski definition) is 2. The molecule has 212 valence electrons. The van der Waals surface area contributed by atoms with Crippen molar-refractivity contribution in [3.8, 4) is 0 Å². The van der Waals surface area contributed by atoms with Gasteiger partial charge in [-0.05, 0) is 26.2 Å². The van der Waals surface area contributed by atoms with Crippen LogP contribution in [-0.4, -0.2) is 59.4 Å². The van der Waals surface area contributed by atoms with Crippen LogP contribution in [0.15, 0.2) is 11.6 Å². The van der Waals surface area contributed by atoms with Crippen molar-refractivity contribution in [1.82, 2.24) is 0 Å². The van der Waals surface area contributed by atoms with Gasteiger partial charge in [0.2, 0.25) is 0 Å². The van der Waals surface area contributed by atoms with Crippen molar-refractivity contribution in [2.75, 3.05) is 13.2 Å². The topological polar surface area (TPSA) is 88.5 Å². The van der Waals surface area contributed by atoms with E-state index < -0.39 is 34.7 Å². The van der Waals surface area contributed by atoms with Crippen molar-refractivity contribution < 1.29 is 29.2 Å². The summed E-state index contributed by atoms with van der Waals surface area (Å²) in [6, 6.07) is 0. The lowest BCUT2D eigenvalue weighted by Crippen LogP contribution is -2.66. The largest absolute Gasteiger partial charge is 0.457 e. The molecule has 0 aromatic rings. The van der Waals surface area contributed by atoms with Crippen molar-refractivity contribution in [3.05, 3.63) is 11.6 Å². The van der Waals surface area contributed by atoms with Crippen molar-refractivity contribution in [2.45, 2.75) is 154 Å². The Kier molecular flexibility index (Phi) is 9.80. The quantitative estimate of drug-likeness (QED) is 0.112. The molecule has 0 aromatic heterocycles. The molecule has 3 fully saturated rings. The molecule has 7 atom stereocenters. The number of fused-ring (bicyclic) bond motifs is 2. The number of unbranched alkanes of at least 4 members (excludes halogenated alkanes) is 12. The van der Waals surface area contributed by atoms with Gasteiger partial charge in [-0.1, -0.05) is 103 Å². The third-order valence-corrected chi connectivity index (χ3v) is 10.3. The molecular formula is C31H52O6. The van der Waals surface area contributed by atoms with Gasteiger partial charge in [-0.2, -0.15) is 0 Å². The van der Waals surface area contributed by atoms with E-state index >= 15 is 0 Å². The summed E-state index contributed by atoms with van der Waals surface area (Å²) in [5, 5.41) is 22.2. The molecule has 0 aromatic carbocycles. The van der Waals surface area contributed by atoms with Gasteiger partial charge in [0.15, 0.2) is 6.10 Å². The van der Waals surface area contributed by atoms with Gasteiger partial charge in [-0.3, -0.25) is 4.79 Å². The highest BCUT2D eigenvalue weighted by atomic mass is 16.7. The summed E-state index contributed by atoms with van der Waals surface area (Å²) in [5.41, 5.74) is -0.837. The van der Waals surface area contributed by atoms with Gasteiger partial charge in [-0.25, -0.2) is 0 Å². The maximum absolute atomic E-state index is 12.8. The summed E-state index contributed by atoms with van der Waals surface area (Å²) in [6.07, 6.45) is 17.9. The van der Waals surface area contributed by atoms with E-state index in [2.05, 4.69) is 19.9 Å². The van der Waals surface area contributed by atoms with E-state index in [-0.39, 0.29) is 18.7 Å². The average Bonchev–Trinajstić information content (AvgIpc) is 3.68. The minimum Gasteiger partial charge on any atom is -0.457 e. The summed E-state index contributed by atoms with van der Waals surface area (Å²) in [4.78, 5) is 12.8. The fourth-order valence-corrected chi connectivity index (χ4v) is 7.65. The lowest BCUT2D eigenvalue weighted by Gasteiger charge is -2.57. The van der Waals surface area contributed by atoms with Gasteiger partial charge in [0.1, 0.15) is 17.8 Å². The number of allylic oxidation sites excluding steroid dienone is 1. The number of carbonyl (C=O) groups excluding carboxylic acids is 1. The molecule has 4 rings (SSSR count). The Morgan fingerprint density at radius 3 is 2.14 bits per heavy atom. The van der Waals surface area contributed by atoms with E-state index in [1.165, 1.54) is 69.8 Å². The fourth-order valence-electron chi connectivity index (χ4n) is 7.65. The molecule has 6 nitrogen and oxygen atoms in total. The molecule has 0 radical (unpaired) electrons. The van der Waals surface area contributed by atoms with Crippen LogP contribution in [0.1, 0.15) is 124 Å². The first-order valence-electron chi connectivity index (χ1n) is 15.3. The third-order valence-electron chi connectivity index (χ3n) is 10.3. The molecule has 4 aliphatic rings. The molecular weight excluding hydrogens is 468 g/mol. The molecule has 1 spiro atoms. The second-order valence-electron chi connectivity index (χ2n) is 12.6. The fraction of sp³-hybridized carbons (Fsp3) is 0.903. The first kappa shape index (κ1) is 29.0. The normalized spacial score (nSPS) is 37.9. The van der Waals surface area contributed by atoms with Gasteiger partial charge in [0.25, 0.3) is 0 Å². The van der Waals surface area contributed by atoms with Crippen LogP contribution >= 0.6 is 0 Å². The summed E-state index contributed by atoms with van der Waals surface area (Å²) in [7, 11) is 0. The Morgan fingerprint density at radius 2 is 1.59 bits per heavy atom. The van der Waals surface area contributed by atoms with Gasteiger partial charge in [0.05, 0.1) is 19.3 Å². The van der Waals surface area contributed by atoms with Gasteiger partial charge in [-0.15, -0.1) is 0 Å². The van der Waals surface area contributed by atoms with Gasteiger partial charge in [0, 0.05) is 17.3 Å². The monoisotopic (exact) mass is 520 g/mol. The van der Waals surface area contributed by atoms with E-state index in [1.807, 2.05) is 6.92 Å². The number of ether oxygens (including phenoxy) is 3. The summed E-state index contributed by atoms with van der Waals surface area (Å²) in [6.45, 7) is 6.73. The molecule has 0 amide bonds. The third kappa shape index (κ3) is 5.42. The Morgan fingerprint density at radius 1 is 1.03 bits per heavy atom. The van der Waals surface area contributed by atoms with Crippen molar-refractivity contribution in [3.63, 3.8) is 0 Å². The van der Waals surface area contributed by atoms with Crippen LogP contribution in [0, 0.1) is 10.8 Å². The second-order valence-corrected chi connectivity index (χ2v) is 12.6. The van der Waals surface area contributed by atoms with Crippen LogP contribution in [-0.2, 0) is 19.0 Å². The van der Waals surface area contributed by atoms with Crippen LogP contribution in [0.5, 0.6) is 0 Å². The van der Waals surface area contributed by atoms with Crippen LogP contribution in [0.25, 0.3) is 0 Å². The minimum atomic E-state index is -0.931. The minimum absolute atomic E-state index is 0.0908. The Bertz CT molecular complexity index is 791. The zero-order valence-corrected chi connectivity index (χ0v) is 23.6. The van der Waals surface area contributed by atoms with Gasteiger partial charge >= 0.3 is 5.97 Å². The lowest BCUT2D eigenvalue weighted by molar-refractivity contribution is -0.226. The Balaban J connectivity index is 1.18. The number of aliphatic hydroxyl groups is 2. The summed E-state index contributed by atoms with van der Waals surface area (Å²) in [5.74, 6) is -0.268. The van der Waals surface area contributed by atoms with E-state index in [0.29, 0.717) is 13.0 Å². The molecule has 6 heteroatoms. The highest BCUT2D eigenvalue weighted by Gasteiger charge is 2.85. The van der Waals surface area contributed by atoms with Crippen LogP contribution < -0.4 is 0 Å². The van der Waals surface area contributed by atoms with Crippen molar-refractivity contribution >= 4 is 5.97 Å². The van der Waals surface area contributed by atoms with Crippen LogP contribution in [0.4, 0.5) is 0 Å². The predicted octanol–water partition coefficient (Wildman–Crippen LogP) is 6.02. The highest BCUT2D eigenvalue weighted by molar-refractivity contribution is 5.69. The number of rotatable bonds is 16. The maximum Gasteiger partial charge on any atom is 0.306 e. The number of esters is 1. The lowest BCUT2D eigenvalue weighted by atomic mass is 9.51. The first-order chi connectivity index (χ1) is 17.9. The molecule has 2 aliphatic heterocycles. The van der Waals surface area contributed by atoms with E-state index in [0.717, 1.165) is 32.1 Å². The molecule has 1 saturated carbocycles. The Labute approximate surface area is 224 Å². The van der Waals surface area contributed by atoms with E-state index in [1.54, 1.807) is 0 Å². The summed E-state index contributed by atoms with van der Waals surface area (Å²) < 4.78 is 18.4. The SMILES string of the molecule is CCCCCCCCCCCCCCCC(=O)O[C@H]1[C@H]2O[C@@H]3C=C(C)CC[C@]3(CO)[C@@](C)([C@@H]1O)C21CO1. The molecule has 2 heterocycles. The zero-order valence-electron chi connectivity index (χ0n) is 23.6. The highest BCUT2D eigenvalue weighted by Crippen LogP contribution is 2.71. The smallest absolute Gasteiger partial charge is 0.306 e. The van der Waals surface area contributed by atoms with Crippen LogP contribution in [0.3, 0.4) is 0 Å². The van der Waals surface area contributed by atoms with Gasteiger partial charge < -0.3 is 24.4 Å². The first-order valence-corrected chi connectivity index (χ1v) is 15.3. The molecule has 37 heavy (non-hydrogen) atoms. The van der Waals surface area contributed by atoms with E-state index in [4.69, 9.17) is 14.2 Å². The van der Waals surface area contributed by atoms with Crippen molar-refractivity contribution in [1.29, 1.82) is 0 Å². The molecule has 2 bridgehead atoms. The molecule has 2 aliphatic carbocycles. The number of aliphatic hydroxyl groups excluding tert-OH is 2. The second kappa shape index (κ2) is 12.5. The molecule has 1 unspecified atom stereocenters. The number of epoxide rings is 1. The number of hydrogen-bond acceptors (Lipinski definition) is 6. The zero-order chi connectivity index (χ0) is 26.5. The van der Waals surface area contributed by atoms with Crippen molar-refractivity contribution in [2.24, 2.45) is 10.8 Å². The molecule has 2 N–H and O–H groups in total. The molecule has 2 saturated heterocycles. The number of carbonyl (C=O) groups is 1. The van der Waals surface area contributed by atoms with E-state index in [9.17, 15) is 15.0 Å². The predicted molar refractivity (Wildman–Crippen MR) is 144 cm³/mol. The Hall–Kier alpha value is -0.950.